The molecule has 112 valence electrons. The molecule has 1 saturated carbocycles. The Labute approximate surface area is 125 Å². The number of likely N-dealkylation sites (tertiary alicyclic amines) is 1. The molecule has 1 saturated heterocycles. The smallest absolute Gasteiger partial charge is 0.302 e. The van der Waals surface area contributed by atoms with Crippen molar-refractivity contribution < 1.29 is 14.3 Å². The Hall–Kier alpha value is -1.68. The summed E-state index contributed by atoms with van der Waals surface area (Å²) in [6.07, 6.45) is 1.40. The van der Waals surface area contributed by atoms with E-state index in [1.165, 1.54) is 12.5 Å². The number of esters is 1. The van der Waals surface area contributed by atoms with Gasteiger partial charge in [0.05, 0.1) is 6.04 Å². The molecule has 1 heterocycles. The standard InChI is InChI=1S/C17H21NO3/c1-11(21-12(2)19)8-15-14-9-16(20)17(14)18(15)10-13-6-4-3-5-7-13/h3-7,11,14-15,17H,8-10H2,1-2H3. The molecule has 4 nitrogen and oxygen atoms in total. The minimum absolute atomic E-state index is 0.0950. The average molecular weight is 287 g/mol. The van der Waals surface area contributed by atoms with Gasteiger partial charge in [-0.3, -0.25) is 14.5 Å². The van der Waals surface area contributed by atoms with Gasteiger partial charge < -0.3 is 4.74 Å². The van der Waals surface area contributed by atoms with E-state index in [4.69, 9.17) is 4.74 Å². The average Bonchev–Trinajstić information content (AvgIpc) is 2.42. The van der Waals surface area contributed by atoms with Crippen LogP contribution < -0.4 is 0 Å². The van der Waals surface area contributed by atoms with Crippen molar-refractivity contribution in [3.05, 3.63) is 35.9 Å². The lowest BCUT2D eigenvalue weighted by Crippen LogP contribution is -2.73. The number of Topliss-reactive ketones (excluding diaryl/α,β-unsaturated/α-hetero) is 1. The molecule has 4 atom stereocenters. The highest BCUT2D eigenvalue weighted by atomic mass is 16.5. The first-order valence-electron chi connectivity index (χ1n) is 7.56. The van der Waals surface area contributed by atoms with Crippen molar-refractivity contribution in [1.29, 1.82) is 0 Å². The van der Waals surface area contributed by atoms with Crippen LogP contribution in [0.4, 0.5) is 0 Å². The summed E-state index contributed by atoms with van der Waals surface area (Å²) in [5.74, 6) is 0.573. The third-order valence-corrected chi connectivity index (χ3v) is 4.60. The zero-order chi connectivity index (χ0) is 15.0. The number of hydrogen-bond acceptors (Lipinski definition) is 4. The van der Waals surface area contributed by atoms with E-state index in [0.717, 1.165) is 13.0 Å². The second kappa shape index (κ2) is 5.60. The Balaban J connectivity index is 1.65. The molecule has 4 heteroatoms. The summed E-state index contributed by atoms with van der Waals surface area (Å²) in [5, 5.41) is 0. The molecule has 1 aliphatic heterocycles. The molecule has 0 radical (unpaired) electrons. The lowest BCUT2D eigenvalue weighted by atomic mass is 9.63. The van der Waals surface area contributed by atoms with Crippen LogP contribution in [0.15, 0.2) is 30.3 Å². The van der Waals surface area contributed by atoms with E-state index < -0.39 is 0 Å². The Kier molecular flexibility index (Phi) is 3.81. The van der Waals surface area contributed by atoms with Crippen molar-refractivity contribution in [2.75, 3.05) is 0 Å². The second-order valence-electron chi connectivity index (χ2n) is 6.16. The Morgan fingerprint density at radius 1 is 1.38 bits per heavy atom. The van der Waals surface area contributed by atoms with Gasteiger partial charge in [0.1, 0.15) is 6.10 Å². The van der Waals surface area contributed by atoms with Gasteiger partial charge in [-0.05, 0) is 12.5 Å². The van der Waals surface area contributed by atoms with Crippen LogP contribution in [0.3, 0.4) is 0 Å². The maximum Gasteiger partial charge on any atom is 0.302 e. The van der Waals surface area contributed by atoms with Crippen LogP contribution in [-0.2, 0) is 20.9 Å². The largest absolute Gasteiger partial charge is 0.463 e. The highest BCUT2D eigenvalue weighted by Crippen LogP contribution is 2.47. The fourth-order valence-corrected chi connectivity index (χ4v) is 3.66. The maximum atomic E-state index is 11.8. The predicted octanol–water partition coefficient (Wildman–Crippen LogP) is 2.17. The van der Waals surface area contributed by atoms with Crippen molar-refractivity contribution in [3.63, 3.8) is 0 Å². The van der Waals surface area contributed by atoms with E-state index in [1.807, 2.05) is 25.1 Å². The van der Waals surface area contributed by atoms with E-state index in [9.17, 15) is 9.59 Å². The van der Waals surface area contributed by atoms with E-state index in [2.05, 4.69) is 17.0 Å². The van der Waals surface area contributed by atoms with Gasteiger partial charge in [-0.1, -0.05) is 30.3 Å². The highest BCUT2D eigenvalue weighted by Gasteiger charge is 2.59. The Morgan fingerprint density at radius 2 is 2.10 bits per heavy atom. The number of fused-ring (bicyclic) bond motifs is 1. The Bertz CT molecular complexity index is 542. The normalized spacial score (nSPS) is 29.0. The molecular formula is C17H21NO3. The van der Waals surface area contributed by atoms with Gasteiger partial charge in [0.15, 0.2) is 5.78 Å². The number of hydrogen-bond donors (Lipinski definition) is 0. The summed E-state index contributed by atoms with van der Waals surface area (Å²) >= 11 is 0. The minimum Gasteiger partial charge on any atom is -0.463 e. The summed E-state index contributed by atoms with van der Waals surface area (Å²) in [7, 11) is 0. The molecule has 0 bridgehead atoms. The van der Waals surface area contributed by atoms with Crippen LogP contribution in [0.2, 0.25) is 0 Å². The number of ether oxygens (including phenoxy) is 1. The predicted molar refractivity (Wildman–Crippen MR) is 78.5 cm³/mol. The second-order valence-corrected chi connectivity index (χ2v) is 6.16. The molecular weight excluding hydrogens is 266 g/mol. The topological polar surface area (TPSA) is 46.6 Å². The third-order valence-electron chi connectivity index (χ3n) is 4.60. The van der Waals surface area contributed by atoms with E-state index in [1.54, 1.807) is 0 Å². The lowest BCUT2D eigenvalue weighted by Gasteiger charge is -2.61. The number of benzene rings is 1. The van der Waals surface area contributed by atoms with Crippen LogP contribution in [0.5, 0.6) is 0 Å². The summed E-state index contributed by atoms with van der Waals surface area (Å²) in [6, 6.07) is 10.7. The quantitative estimate of drug-likeness (QED) is 0.779. The molecule has 3 rings (SSSR count). The van der Waals surface area contributed by atoms with Crippen molar-refractivity contribution in [2.24, 2.45) is 5.92 Å². The van der Waals surface area contributed by atoms with Crippen molar-refractivity contribution in [3.8, 4) is 0 Å². The zero-order valence-corrected chi connectivity index (χ0v) is 12.5. The maximum absolute atomic E-state index is 11.8. The first kappa shape index (κ1) is 14.3. The van der Waals surface area contributed by atoms with Gasteiger partial charge in [0, 0.05) is 38.3 Å². The zero-order valence-electron chi connectivity index (χ0n) is 12.5. The van der Waals surface area contributed by atoms with Crippen LogP contribution in [-0.4, -0.2) is 34.8 Å². The van der Waals surface area contributed by atoms with Gasteiger partial charge in [-0.15, -0.1) is 0 Å². The summed E-state index contributed by atoms with van der Waals surface area (Å²) in [6.45, 7) is 4.16. The van der Waals surface area contributed by atoms with Crippen LogP contribution in [0, 0.1) is 5.92 Å². The number of rotatable bonds is 5. The van der Waals surface area contributed by atoms with Crippen LogP contribution in [0.25, 0.3) is 0 Å². The van der Waals surface area contributed by atoms with Crippen molar-refractivity contribution in [2.45, 2.75) is 51.4 Å². The van der Waals surface area contributed by atoms with Gasteiger partial charge in [-0.2, -0.15) is 0 Å². The molecule has 21 heavy (non-hydrogen) atoms. The fraction of sp³-hybridized carbons (Fsp3) is 0.529. The van der Waals surface area contributed by atoms with E-state index in [-0.39, 0.29) is 18.1 Å². The molecule has 0 spiro atoms. The van der Waals surface area contributed by atoms with Crippen molar-refractivity contribution >= 4 is 11.8 Å². The van der Waals surface area contributed by atoms with E-state index in [0.29, 0.717) is 24.2 Å². The molecule has 1 aromatic carbocycles. The molecule has 1 aromatic rings. The van der Waals surface area contributed by atoms with Crippen LogP contribution in [0.1, 0.15) is 32.3 Å². The van der Waals surface area contributed by atoms with Gasteiger partial charge >= 0.3 is 5.97 Å². The first-order chi connectivity index (χ1) is 10.1. The number of carbonyl (C=O) groups excluding carboxylic acids is 2. The van der Waals surface area contributed by atoms with Crippen LogP contribution >= 0.6 is 0 Å². The summed E-state index contributed by atoms with van der Waals surface area (Å²) in [5.41, 5.74) is 1.22. The first-order valence-corrected chi connectivity index (χ1v) is 7.56. The van der Waals surface area contributed by atoms with Gasteiger partial charge in [0.25, 0.3) is 0 Å². The van der Waals surface area contributed by atoms with E-state index >= 15 is 0 Å². The SMILES string of the molecule is CC(=O)OC(C)CC1C2CC(=O)C2N1Cc1ccccc1. The molecule has 0 N–H and O–H groups in total. The third kappa shape index (κ3) is 2.72. The van der Waals surface area contributed by atoms with Gasteiger partial charge in [-0.25, -0.2) is 0 Å². The number of piperidine rings is 1. The Morgan fingerprint density at radius 3 is 2.71 bits per heavy atom. The molecule has 4 unspecified atom stereocenters. The molecule has 1 aliphatic carbocycles. The molecule has 0 aromatic heterocycles. The highest BCUT2D eigenvalue weighted by molar-refractivity contribution is 5.92. The number of nitrogens with zero attached hydrogens (tertiary/aromatic N) is 1. The fourth-order valence-electron chi connectivity index (χ4n) is 3.66. The molecule has 2 fully saturated rings. The molecule has 2 aliphatic rings. The minimum atomic E-state index is -0.238. The molecule has 0 amide bonds. The monoisotopic (exact) mass is 287 g/mol. The van der Waals surface area contributed by atoms with Crippen molar-refractivity contribution in [1.82, 2.24) is 4.90 Å². The van der Waals surface area contributed by atoms with Gasteiger partial charge in [0.2, 0.25) is 0 Å². The lowest BCUT2D eigenvalue weighted by molar-refractivity contribution is -0.174. The number of ketones is 1. The summed E-state index contributed by atoms with van der Waals surface area (Å²) < 4.78 is 5.24. The number of carbonyl (C=O) groups is 2. The summed E-state index contributed by atoms with van der Waals surface area (Å²) in [4.78, 5) is 25.1.